The number of hydrogen-bond donors (Lipinski definition) is 1. The number of nitrogen functional groups attached to an aromatic ring is 1. The third-order valence-electron chi connectivity index (χ3n) is 2.55. The monoisotopic (exact) mass is 167 g/mol. The van der Waals surface area contributed by atoms with Crippen LogP contribution in [-0.4, -0.2) is 9.78 Å². The second-order valence-electron chi connectivity index (χ2n) is 3.33. The fourth-order valence-corrected chi connectivity index (χ4v) is 1.25. The maximum Gasteiger partial charge on any atom is 0.121 e. The molecule has 0 aromatic carbocycles. The maximum absolute atomic E-state index is 5.73. The van der Waals surface area contributed by atoms with Gasteiger partial charge in [-0.15, -0.1) is 0 Å². The Bertz CT molecular complexity index is 242. The fourth-order valence-electron chi connectivity index (χ4n) is 1.25. The van der Waals surface area contributed by atoms with E-state index in [1.165, 1.54) is 0 Å². The molecule has 0 saturated carbocycles. The van der Waals surface area contributed by atoms with Crippen molar-refractivity contribution < 1.29 is 0 Å². The van der Waals surface area contributed by atoms with Gasteiger partial charge in [0.2, 0.25) is 0 Å². The highest BCUT2D eigenvalue weighted by Gasteiger charge is 2.13. The molecule has 0 spiro atoms. The summed E-state index contributed by atoms with van der Waals surface area (Å²) in [6.07, 6.45) is 2.90. The van der Waals surface area contributed by atoms with Crippen molar-refractivity contribution in [2.75, 3.05) is 5.73 Å². The third-order valence-corrected chi connectivity index (χ3v) is 2.55. The molecule has 68 valence electrons. The summed E-state index contributed by atoms with van der Waals surface area (Å²) in [5.74, 6) is 1.37. The van der Waals surface area contributed by atoms with Gasteiger partial charge >= 0.3 is 0 Å². The van der Waals surface area contributed by atoms with Crippen LogP contribution in [0.15, 0.2) is 12.3 Å². The highest BCUT2D eigenvalue weighted by Crippen LogP contribution is 2.21. The molecule has 0 bridgehead atoms. The first-order valence-corrected chi connectivity index (χ1v) is 4.45. The number of rotatable bonds is 3. The Morgan fingerprint density at radius 2 is 2.25 bits per heavy atom. The Balaban J connectivity index is 2.77. The fraction of sp³-hybridized carbons (Fsp3) is 0.667. The molecule has 2 unspecified atom stereocenters. The predicted molar refractivity (Wildman–Crippen MR) is 50.8 cm³/mol. The molecule has 0 aliphatic carbocycles. The van der Waals surface area contributed by atoms with E-state index in [9.17, 15) is 0 Å². The highest BCUT2D eigenvalue weighted by atomic mass is 15.3. The summed E-state index contributed by atoms with van der Waals surface area (Å²) in [6, 6.07) is 2.23. The van der Waals surface area contributed by atoms with Gasteiger partial charge in [0.1, 0.15) is 5.82 Å². The molecular weight excluding hydrogens is 150 g/mol. The van der Waals surface area contributed by atoms with Gasteiger partial charge in [0.25, 0.3) is 0 Å². The number of nitrogens with two attached hydrogens (primary N) is 1. The lowest BCUT2D eigenvalue weighted by Gasteiger charge is -2.19. The second kappa shape index (κ2) is 3.61. The van der Waals surface area contributed by atoms with Gasteiger partial charge in [-0.25, -0.2) is 4.68 Å². The molecule has 1 aromatic rings. The van der Waals surface area contributed by atoms with Crippen molar-refractivity contribution in [1.82, 2.24) is 9.78 Å². The summed E-state index contributed by atoms with van der Waals surface area (Å²) in [4.78, 5) is 0. The zero-order chi connectivity index (χ0) is 9.14. The van der Waals surface area contributed by atoms with E-state index in [4.69, 9.17) is 5.73 Å². The first-order chi connectivity index (χ1) is 5.66. The Labute approximate surface area is 73.6 Å². The topological polar surface area (TPSA) is 43.8 Å². The molecule has 0 fully saturated rings. The average Bonchev–Trinajstić information content (AvgIpc) is 2.48. The maximum atomic E-state index is 5.73. The second-order valence-corrected chi connectivity index (χ2v) is 3.33. The number of anilines is 1. The molecule has 12 heavy (non-hydrogen) atoms. The van der Waals surface area contributed by atoms with E-state index in [2.05, 4.69) is 25.9 Å². The van der Waals surface area contributed by atoms with Crippen molar-refractivity contribution in [3.05, 3.63) is 12.3 Å². The lowest BCUT2D eigenvalue weighted by molar-refractivity contribution is 0.347. The van der Waals surface area contributed by atoms with Crippen molar-refractivity contribution in [3.8, 4) is 0 Å². The van der Waals surface area contributed by atoms with Crippen LogP contribution in [-0.2, 0) is 0 Å². The van der Waals surface area contributed by atoms with Crippen LogP contribution in [0.4, 0.5) is 5.82 Å². The molecule has 0 aliphatic rings. The summed E-state index contributed by atoms with van der Waals surface area (Å²) in [7, 11) is 0. The van der Waals surface area contributed by atoms with Crippen molar-refractivity contribution in [2.24, 2.45) is 5.92 Å². The van der Waals surface area contributed by atoms with Crippen molar-refractivity contribution in [3.63, 3.8) is 0 Å². The summed E-state index contributed by atoms with van der Waals surface area (Å²) in [5.41, 5.74) is 5.73. The van der Waals surface area contributed by atoms with Crippen LogP contribution in [0, 0.1) is 5.92 Å². The SMILES string of the molecule is CCC(C)C(C)n1nccc1N. The van der Waals surface area contributed by atoms with Gasteiger partial charge in [0.05, 0.1) is 12.2 Å². The van der Waals surface area contributed by atoms with Crippen LogP contribution in [0.1, 0.15) is 33.2 Å². The number of aromatic nitrogens is 2. The normalized spacial score (nSPS) is 15.9. The van der Waals surface area contributed by atoms with Gasteiger partial charge in [-0.1, -0.05) is 20.3 Å². The van der Waals surface area contributed by atoms with Crippen molar-refractivity contribution >= 4 is 5.82 Å². The summed E-state index contributed by atoms with van der Waals surface area (Å²) in [6.45, 7) is 6.55. The van der Waals surface area contributed by atoms with Gasteiger partial charge in [-0.2, -0.15) is 5.10 Å². The molecular formula is C9H17N3. The van der Waals surface area contributed by atoms with Crippen molar-refractivity contribution in [1.29, 1.82) is 0 Å². The van der Waals surface area contributed by atoms with Gasteiger partial charge in [0, 0.05) is 0 Å². The lowest BCUT2D eigenvalue weighted by Crippen LogP contribution is -2.16. The van der Waals surface area contributed by atoms with Crippen molar-refractivity contribution in [2.45, 2.75) is 33.2 Å². The Morgan fingerprint density at radius 3 is 2.67 bits per heavy atom. The van der Waals surface area contributed by atoms with E-state index in [-0.39, 0.29) is 0 Å². The largest absolute Gasteiger partial charge is 0.384 e. The molecule has 0 amide bonds. The first-order valence-electron chi connectivity index (χ1n) is 4.45. The van der Waals surface area contributed by atoms with Crippen LogP contribution in [0.5, 0.6) is 0 Å². The van der Waals surface area contributed by atoms with E-state index >= 15 is 0 Å². The van der Waals surface area contributed by atoms with E-state index in [1.54, 1.807) is 6.20 Å². The molecule has 1 heterocycles. The third kappa shape index (κ3) is 1.60. The quantitative estimate of drug-likeness (QED) is 0.749. The Morgan fingerprint density at radius 1 is 1.58 bits per heavy atom. The summed E-state index contributed by atoms with van der Waals surface area (Å²) >= 11 is 0. The van der Waals surface area contributed by atoms with E-state index in [1.807, 2.05) is 10.7 Å². The number of hydrogen-bond acceptors (Lipinski definition) is 2. The average molecular weight is 167 g/mol. The van der Waals surface area contributed by atoms with Crippen LogP contribution < -0.4 is 5.73 Å². The molecule has 0 saturated heterocycles. The molecule has 2 atom stereocenters. The lowest BCUT2D eigenvalue weighted by atomic mass is 10.0. The zero-order valence-corrected chi connectivity index (χ0v) is 7.99. The van der Waals surface area contributed by atoms with Gasteiger partial charge in [-0.05, 0) is 18.9 Å². The standard InChI is InChI=1S/C9H17N3/c1-4-7(2)8(3)12-9(10)5-6-11-12/h5-8H,4,10H2,1-3H3. The molecule has 1 rings (SSSR count). The number of nitrogens with zero attached hydrogens (tertiary/aromatic N) is 2. The van der Waals surface area contributed by atoms with Gasteiger partial charge < -0.3 is 5.73 Å². The summed E-state index contributed by atoms with van der Waals surface area (Å²) < 4.78 is 1.88. The molecule has 2 N–H and O–H groups in total. The smallest absolute Gasteiger partial charge is 0.121 e. The molecule has 3 heteroatoms. The molecule has 0 aliphatic heterocycles. The summed E-state index contributed by atoms with van der Waals surface area (Å²) in [5, 5.41) is 4.18. The molecule has 3 nitrogen and oxygen atoms in total. The van der Waals surface area contributed by atoms with Crippen LogP contribution >= 0.6 is 0 Å². The highest BCUT2D eigenvalue weighted by molar-refractivity contribution is 5.26. The minimum atomic E-state index is 0.394. The molecule has 1 aromatic heterocycles. The first kappa shape index (κ1) is 9.10. The van der Waals surface area contributed by atoms with E-state index in [0.29, 0.717) is 12.0 Å². The zero-order valence-electron chi connectivity index (χ0n) is 7.99. The van der Waals surface area contributed by atoms with E-state index in [0.717, 1.165) is 12.2 Å². The predicted octanol–water partition coefficient (Wildman–Crippen LogP) is 2.07. The van der Waals surface area contributed by atoms with Crippen LogP contribution in [0.2, 0.25) is 0 Å². The van der Waals surface area contributed by atoms with E-state index < -0.39 is 0 Å². The van der Waals surface area contributed by atoms with Crippen LogP contribution in [0.3, 0.4) is 0 Å². The Hall–Kier alpha value is -0.990. The molecule has 0 radical (unpaired) electrons. The van der Waals surface area contributed by atoms with Gasteiger partial charge in [-0.3, -0.25) is 0 Å². The van der Waals surface area contributed by atoms with Crippen LogP contribution in [0.25, 0.3) is 0 Å². The minimum Gasteiger partial charge on any atom is -0.384 e. The minimum absolute atomic E-state index is 0.394. The Kier molecular flexibility index (Phi) is 2.74. The van der Waals surface area contributed by atoms with Gasteiger partial charge in [0.15, 0.2) is 0 Å².